The van der Waals surface area contributed by atoms with Crippen molar-refractivity contribution in [3.8, 4) is 17.3 Å². The molecule has 0 unspecified atom stereocenters. The van der Waals surface area contributed by atoms with Crippen LogP contribution in [0.1, 0.15) is 11.4 Å². The zero-order valence-electron chi connectivity index (χ0n) is 19.3. The van der Waals surface area contributed by atoms with Crippen LogP contribution in [-0.4, -0.2) is 68.9 Å². The minimum Gasteiger partial charge on any atom is -0.379 e. The fourth-order valence-corrected chi connectivity index (χ4v) is 4.34. The number of ether oxygens (including phenoxy) is 1. The van der Waals surface area contributed by atoms with Crippen LogP contribution in [0.2, 0.25) is 10.0 Å². The molecular formula is C24H23Cl2N9O. The van der Waals surface area contributed by atoms with Gasteiger partial charge < -0.3 is 15.4 Å². The van der Waals surface area contributed by atoms with Gasteiger partial charge in [-0.15, -0.1) is 5.10 Å². The van der Waals surface area contributed by atoms with Gasteiger partial charge in [0, 0.05) is 49.0 Å². The van der Waals surface area contributed by atoms with Gasteiger partial charge in [-0.3, -0.25) is 4.90 Å². The Morgan fingerprint density at radius 3 is 2.61 bits per heavy atom. The monoisotopic (exact) mass is 523 g/mol. The molecule has 0 bridgehead atoms. The van der Waals surface area contributed by atoms with Gasteiger partial charge in [-0.1, -0.05) is 23.2 Å². The number of rotatable bonds is 8. The van der Waals surface area contributed by atoms with Gasteiger partial charge in [0.25, 0.3) is 0 Å². The first-order valence-corrected chi connectivity index (χ1v) is 12.2. The van der Waals surface area contributed by atoms with Crippen LogP contribution in [0.4, 0.5) is 11.8 Å². The molecule has 1 aliphatic rings. The first kappa shape index (κ1) is 24.2. The number of benzene rings is 1. The van der Waals surface area contributed by atoms with E-state index in [2.05, 4.69) is 26.6 Å². The molecule has 0 spiro atoms. The number of nitriles is 1. The topological polar surface area (TPSA) is 116 Å². The lowest BCUT2D eigenvalue weighted by Gasteiger charge is -2.25. The molecule has 4 heterocycles. The van der Waals surface area contributed by atoms with Crippen LogP contribution in [0.15, 0.2) is 42.6 Å². The number of halogens is 2. The molecule has 2 N–H and O–H groups in total. The molecule has 5 rings (SSSR count). The molecule has 0 amide bonds. The summed E-state index contributed by atoms with van der Waals surface area (Å²) in [6, 6.07) is 12.7. The predicted octanol–water partition coefficient (Wildman–Crippen LogP) is 3.72. The highest BCUT2D eigenvalue weighted by Gasteiger charge is 2.17. The molecule has 0 atom stereocenters. The van der Waals surface area contributed by atoms with Gasteiger partial charge in [0.05, 0.1) is 36.0 Å². The molecule has 0 saturated carbocycles. The van der Waals surface area contributed by atoms with Crippen molar-refractivity contribution in [2.45, 2.75) is 6.54 Å². The van der Waals surface area contributed by atoms with Crippen molar-refractivity contribution in [1.29, 1.82) is 5.26 Å². The molecular weight excluding hydrogens is 501 g/mol. The van der Waals surface area contributed by atoms with Gasteiger partial charge in [-0.2, -0.15) is 9.78 Å². The number of fused-ring (bicyclic) bond motifs is 1. The second-order valence-electron chi connectivity index (χ2n) is 8.17. The van der Waals surface area contributed by atoms with E-state index in [1.165, 1.54) is 6.20 Å². The second kappa shape index (κ2) is 11.1. The van der Waals surface area contributed by atoms with Crippen LogP contribution in [0, 0.1) is 11.3 Å². The lowest BCUT2D eigenvalue weighted by Crippen LogP contribution is -2.35. The van der Waals surface area contributed by atoms with E-state index in [-0.39, 0.29) is 0 Å². The maximum absolute atomic E-state index is 8.92. The SMILES string of the molecule is N#Cc1ccc(NCCNc2nc(-c3ccc(Cl)cc3Cl)cc3nc(CN4CCOCC4)nn23)nc1. The highest BCUT2D eigenvalue weighted by atomic mass is 35.5. The quantitative estimate of drug-likeness (QED) is 0.333. The third-order valence-electron chi connectivity index (χ3n) is 5.65. The Balaban J connectivity index is 1.38. The fraction of sp³-hybridized carbons (Fsp3) is 0.292. The van der Waals surface area contributed by atoms with E-state index in [0.717, 1.165) is 18.7 Å². The molecule has 1 aromatic carbocycles. The lowest BCUT2D eigenvalue weighted by molar-refractivity contribution is 0.0331. The number of nitrogens with zero attached hydrogens (tertiary/aromatic N) is 7. The van der Waals surface area contributed by atoms with Crippen molar-refractivity contribution in [2.24, 2.45) is 0 Å². The van der Waals surface area contributed by atoms with Gasteiger partial charge in [0.2, 0.25) is 5.95 Å². The third-order valence-corrected chi connectivity index (χ3v) is 6.20. The molecule has 0 aliphatic carbocycles. The molecule has 1 saturated heterocycles. The summed E-state index contributed by atoms with van der Waals surface area (Å²) in [5, 5.41) is 21.3. The van der Waals surface area contributed by atoms with Crippen LogP contribution in [-0.2, 0) is 11.3 Å². The highest BCUT2D eigenvalue weighted by Crippen LogP contribution is 2.30. The average Bonchev–Trinajstić information content (AvgIpc) is 3.30. The molecule has 184 valence electrons. The Bertz CT molecular complexity index is 1400. The van der Waals surface area contributed by atoms with Gasteiger partial charge in [-0.05, 0) is 30.3 Å². The van der Waals surface area contributed by atoms with Crippen molar-refractivity contribution in [2.75, 3.05) is 50.0 Å². The Hall–Kier alpha value is -3.49. The largest absolute Gasteiger partial charge is 0.379 e. The average molecular weight is 524 g/mol. The molecule has 1 fully saturated rings. The van der Waals surface area contributed by atoms with Crippen molar-refractivity contribution in [3.63, 3.8) is 0 Å². The highest BCUT2D eigenvalue weighted by molar-refractivity contribution is 6.36. The minimum atomic E-state index is 0.506. The second-order valence-corrected chi connectivity index (χ2v) is 9.02. The van der Waals surface area contributed by atoms with Crippen LogP contribution >= 0.6 is 23.2 Å². The van der Waals surface area contributed by atoms with E-state index in [9.17, 15) is 0 Å². The van der Waals surface area contributed by atoms with Crippen molar-refractivity contribution in [3.05, 3.63) is 64.0 Å². The minimum absolute atomic E-state index is 0.506. The summed E-state index contributed by atoms with van der Waals surface area (Å²) in [6.45, 7) is 4.86. The fourth-order valence-electron chi connectivity index (χ4n) is 3.84. The van der Waals surface area contributed by atoms with E-state index in [4.69, 9.17) is 48.3 Å². The first-order chi connectivity index (χ1) is 17.6. The number of anilines is 2. The third kappa shape index (κ3) is 5.66. The lowest BCUT2D eigenvalue weighted by atomic mass is 10.1. The van der Waals surface area contributed by atoms with Crippen molar-refractivity contribution in [1.82, 2.24) is 29.5 Å². The van der Waals surface area contributed by atoms with E-state index < -0.39 is 0 Å². The maximum atomic E-state index is 8.92. The Morgan fingerprint density at radius 2 is 1.86 bits per heavy atom. The molecule has 1 aliphatic heterocycles. The molecule has 3 aromatic heterocycles. The Labute approximate surface area is 217 Å². The summed E-state index contributed by atoms with van der Waals surface area (Å²) in [5.41, 5.74) is 2.60. The first-order valence-electron chi connectivity index (χ1n) is 11.5. The standard InChI is InChI=1S/C24H23Cl2N9O/c25-17-2-3-18(19(26)11-17)20-12-23-32-22(15-34-7-9-36-10-8-34)33-35(23)24(31-20)29-6-5-28-21-4-1-16(13-27)14-30-21/h1-4,11-12,14H,5-10,15H2,(H,28,30)(H,29,31). The summed E-state index contributed by atoms with van der Waals surface area (Å²) in [5.74, 6) is 1.94. The molecule has 36 heavy (non-hydrogen) atoms. The van der Waals surface area contributed by atoms with Gasteiger partial charge in [0.1, 0.15) is 11.9 Å². The van der Waals surface area contributed by atoms with E-state index in [0.29, 0.717) is 77.4 Å². The van der Waals surface area contributed by atoms with E-state index in [1.807, 2.05) is 12.1 Å². The van der Waals surface area contributed by atoms with Crippen molar-refractivity contribution < 1.29 is 4.74 Å². The maximum Gasteiger partial charge on any atom is 0.226 e. The molecule has 4 aromatic rings. The van der Waals surface area contributed by atoms with Crippen molar-refractivity contribution >= 4 is 40.6 Å². The summed E-state index contributed by atoms with van der Waals surface area (Å²) in [7, 11) is 0. The zero-order valence-corrected chi connectivity index (χ0v) is 20.8. The summed E-state index contributed by atoms with van der Waals surface area (Å²) in [4.78, 5) is 16.1. The van der Waals surface area contributed by atoms with Gasteiger partial charge >= 0.3 is 0 Å². The molecule has 0 radical (unpaired) electrons. The molecule has 12 heteroatoms. The number of pyridine rings is 1. The van der Waals surface area contributed by atoms with Gasteiger partial charge in [0.15, 0.2) is 11.5 Å². The zero-order chi connectivity index (χ0) is 24.9. The van der Waals surface area contributed by atoms with E-state index >= 15 is 0 Å². The Kier molecular flexibility index (Phi) is 7.44. The summed E-state index contributed by atoms with van der Waals surface area (Å²) in [6.07, 6.45) is 1.53. The van der Waals surface area contributed by atoms with Crippen LogP contribution in [0.5, 0.6) is 0 Å². The van der Waals surface area contributed by atoms with Crippen LogP contribution < -0.4 is 10.6 Å². The smallest absolute Gasteiger partial charge is 0.226 e. The number of hydrogen-bond donors (Lipinski definition) is 2. The normalized spacial score (nSPS) is 14.0. The van der Waals surface area contributed by atoms with E-state index in [1.54, 1.807) is 28.8 Å². The summed E-state index contributed by atoms with van der Waals surface area (Å²) < 4.78 is 7.16. The number of morpholine rings is 1. The number of hydrogen-bond acceptors (Lipinski definition) is 9. The van der Waals surface area contributed by atoms with Crippen LogP contribution in [0.25, 0.3) is 16.9 Å². The number of aromatic nitrogens is 5. The summed E-state index contributed by atoms with van der Waals surface area (Å²) >= 11 is 12.6. The van der Waals surface area contributed by atoms with Crippen LogP contribution in [0.3, 0.4) is 0 Å². The Morgan fingerprint density at radius 1 is 1.03 bits per heavy atom. The predicted molar refractivity (Wildman–Crippen MR) is 138 cm³/mol. The van der Waals surface area contributed by atoms with Gasteiger partial charge in [-0.25, -0.2) is 15.0 Å². The molecule has 10 nitrogen and oxygen atoms in total. The number of nitrogens with one attached hydrogen (secondary N) is 2.